The fraction of sp³-hybridized carbons (Fsp3) is 0.562. The van der Waals surface area contributed by atoms with Crippen LogP contribution in [-0.4, -0.2) is 30.6 Å². The first-order chi connectivity index (χ1) is 9.69. The second kappa shape index (κ2) is 7.29. The lowest BCUT2D eigenvalue weighted by molar-refractivity contribution is 0.0745. The quantitative estimate of drug-likeness (QED) is 0.794. The first kappa shape index (κ1) is 14.9. The summed E-state index contributed by atoms with van der Waals surface area (Å²) in [6, 6.07) is 9.83. The van der Waals surface area contributed by atoms with Crippen LogP contribution in [0.15, 0.2) is 30.3 Å². The van der Waals surface area contributed by atoms with Crippen molar-refractivity contribution in [1.29, 1.82) is 0 Å². The van der Waals surface area contributed by atoms with Gasteiger partial charge in [0, 0.05) is 13.1 Å². The van der Waals surface area contributed by atoms with Crippen LogP contribution in [0, 0.1) is 5.92 Å². The number of ether oxygens (including phenoxy) is 1. The van der Waals surface area contributed by atoms with Crippen molar-refractivity contribution in [2.75, 3.05) is 19.6 Å². The Morgan fingerprint density at radius 3 is 2.65 bits per heavy atom. The molecule has 1 saturated carbocycles. The zero-order valence-electron chi connectivity index (χ0n) is 12.1. The zero-order chi connectivity index (χ0) is 14.4. The number of primary amides is 1. The molecule has 4 nitrogen and oxygen atoms in total. The number of amides is 1. The van der Waals surface area contributed by atoms with E-state index in [2.05, 4.69) is 11.8 Å². The molecule has 0 heterocycles. The van der Waals surface area contributed by atoms with Crippen LogP contribution in [0.1, 0.15) is 37.9 Å². The predicted molar refractivity (Wildman–Crippen MR) is 79.3 cm³/mol. The van der Waals surface area contributed by atoms with E-state index in [0.29, 0.717) is 0 Å². The Labute approximate surface area is 120 Å². The summed E-state index contributed by atoms with van der Waals surface area (Å²) in [5, 5.41) is 0. The molecule has 0 bridgehead atoms. The molecule has 1 aromatic rings. The molecule has 1 amide bonds. The zero-order valence-corrected chi connectivity index (χ0v) is 12.1. The van der Waals surface area contributed by atoms with Crippen molar-refractivity contribution in [2.45, 2.75) is 32.3 Å². The minimum Gasteiger partial charge on any atom is -0.440 e. The van der Waals surface area contributed by atoms with Gasteiger partial charge in [-0.25, -0.2) is 4.79 Å². The third-order valence-electron chi connectivity index (χ3n) is 3.61. The van der Waals surface area contributed by atoms with Gasteiger partial charge in [-0.2, -0.15) is 0 Å². The summed E-state index contributed by atoms with van der Waals surface area (Å²) in [5.41, 5.74) is 6.22. The van der Waals surface area contributed by atoms with Crippen LogP contribution in [0.5, 0.6) is 0 Å². The highest BCUT2D eigenvalue weighted by atomic mass is 16.6. The van der Waals surface area contributed by atoms with Gasteiger partial charge in [0.05, 0.1) is 0 Å². The average molecular weight is 276 g/mol. The molecule has 0 aromatic heterocycles. The van der Waals surface area contributed by atoms with Gasteiger partial charge in [-0.05, 0) is 37.3 Å². The van der Waals surface area contributed by atoms with Gasteiger partial charge in [0.25, 0.3) is 0 Å². The van der Waals surface area contributed by atoms with Crippen LogP contribution < -0.4 is 5.73 Å². The second-order valence-corrected chi connectivity index (χ2v) is 5.54. The van der Waals surface area contributed by atoms with E-state index in [-0.39, 0.29) is 6.10 Å². The number of hydrogen-bond acceptors (Lipinski definition) is 3. The Bertz CT molecular complexity index is 418. The van der Waals surface area contributed by atoms with Crippen LogP contribution in [0.3, 0.4) is 0 Å². The SMILES string of the molecule is CCCN(CC1CC1)C[C@@H](OC(N)=O)c1ccccc1. The summed E-state index contributed by atoms with van der Waals surface area (Å²) < 4.78 is 5.31. The molecule has 1 atom stereocenters. The molecule has 0 saturated heterocycles. The van der Waals surface area contributed by atoms with Gasteiger partial charge in [0.2, 0.25) is 0 Å². The molecule has 2 N–H and O–H groups in total. The molecule has 0 radical (unpaired) electrons. The number of hydrogen-bond donors (Lipinski definition) is 1. The van der Waals surface area contributed by atoms with E-state index in [0.717, 1.165) is 37.5 Å². The largest absolute Gasteiger partial charge is 0.440 e. The minimum absolute atomic E-state index is 0.279. The van der Waals surface area contributed by atoms with Crippen LogP contribution in [0.4, 0.5) is 4.79 Å². The lowest BCUT2D eigenvalue weighted by atomic mass is 10.1. The molecule has 0 unspecified atom stereocenters. The molecule has 1 fully saturated rings. The maximum Gasteiger partial charge on any atom is 0.405 e. The highest BCUT2D eigenvalue weighted by Gasteiger charge is 2.26. The molecule has 0 aliphatic heterocycles. The summed E-state index contributed by atoms with van der Waals surface area (Å²) in [6.45, 7) is 5.02. The fourth-order valence-corrected chi connectivity index (χ4v) is 2.49. The number of carbonyl (C=O) groups is 1. The average Bonchev–Trinajstić information content (AvgIpc) is 3.23. The normalized spacial score (nSPS) is 16.1. The standard InChI is InChI=1S/C16H24N2O2/c1-2-10-18(11-13-8-9-13)12-15(20-16(17)19)14-6-4-3-5-7-14/h3-7,13,15H,2,8-12H2,1H3,(H2,17,19)/t15-/m1/s1. The van der Waals surface area contributed by atoms with Crippen LogP contribution in [0.25, 0.3) is 0 Å². The van der Waals surface area contributed by atoms with Crippen molar-refractivity contribution in [3.05, 3.63) is 35.9 Å². The molecular formula is C16H24N2O2. The Morgan fingerprint density at radius 1 is 1.40 bits per heavy atom. The highest BCUT2D eigenvalue weighted by molar-refractivity contribution is 5.65. The minimum atomic E-state index is -0.707. The number of nitrogens with zero attached hydrogens (tertiary/aromatic N) is 1. The molecule has 1 aliphatic rings. The molecule has 4 heteroatoms. The molecule has 20 heavy (non-hydrogen) atoms. The third-order valence-corrected chi connectivity index (χ3v) is 3.61. The molecule has 1 aliphatic carbocycles. The molecule has 110 valence electrons. The van der Waals surface area contributed by atoms with Gasteiger partial charge in [-0.1, -0.05) is 37.3 Å². The first-order valence-corrected chi connectivity index (χ1v) is 7.42. The Kier molecular flexibility index (Phi) is 5.41. The van der Waals surface area contributed by atoms with Crippen molar-refractivity contribution in [2.24, 2.45) is 11.7 Å². The van der Waals surface area contributed by atoms with Crippen molar-refractivity contribution in [3.63, 3.8) is 0 Å². The van der Waals surface area contributed by atoms with E-state index in [1.807, 2.05) is 30.3 Å². The lowest BCUT2D eigenvalue weighted by Gasteiger charge is -2.27. The Morgan fingerprint density at radius 2 is 2.10 bits per heavy atom. The van der Waals surface area contributed by atoms with E-state index >= 15 is 0 Å². The Hall–Kier alpha value is -1.55. The number of benzene rings is 1. The summed E-state index contributed by atoms with van der Waals surface area (Å²) in [7, 11) is 0. The van der Waals surface area contributed by atoms with E-state index in [1.165, 1.54) is 12.8 Å². The predicted octanol–water partition coefficient (Wildman–Crippen LogP) is 2.95. The number of carbonyl (C=O) groups excluding carboxylic acids is 1. The fourth-order valence-electron chi connectivity index (χ4n) is 2.49. The van der Waals surface area contributed by atoms with Crippen LogP contribution >= 0.6 is 0 Å². The number of nitrogens with two attached hydrogens (primary N) is 1. The monoisotopic (exact) mass is 276 g/mol. The van der Waals surface area contributed by atoms with Crippen LogP contribution in [-0.2, 0) is 4.74 Å². The van der Waals surface area contributed by atoms with Crippen molar-refractivity contribution in [1.82, 2.24) is 4.90 Å². The molecule has 0 spiro atoms. The van der Waals surface area contributed by atoms with Gasteiger partial charge >= 0.3 is 6.09 Å². The molecule has 1 aromatic carbocycles. The summed E-state index contributed by atoms with van der Waals surface area (Å²) in [4.78, 5) is 13.5. The van der Waals surface area contributed by atoms with E-state index in [1.54, 1.807) is 0 Å². The van der Waals surface area contributed by atoms with Gasteiger partial charge in [-0.15, -0.1) is 0 Å². The summed E-state index contributed by atoms with van der Waals surface area (Å²) >= 11 is 0. The molecule has 2 rings (SSSR count). The van der Waals surface area contributed by atoms with Gasteiger partial charge in [0.1, 0.15) is 6.10 Å². The van der Waals surface area contributed by atoms with E-state index in [4.69, 9.17) is 10.5 Å². The lowest BCUT2D eigenvalue weighted by Crippen LogP contribution is -2.34. The smallest absolute Gasteiger partial charge is 0.405 e. The maximum atomic E-state index is 11.1. The van der Waals surface area contributed by atoms with Crippen molar-refractivity contribution in [3.8, 4) is 0 Å². The Balaban J connectivity index is 2.02. The summed E-state index contributed by atoms with van der Waals surface area (Å²) in [5.74, 6) is 0.826. The maximum absolute atomic E-state index is 11.1. The van der Waals surface area contributed by atoms with Crippen molar-refractivity contribution >= 4 is 6.09 Å². The van der Waals surface area contributed by atoms with Gasteiger partial charge < -0.3 is 10.5 Å². The summed E-state index contributed by atoms with van der Waals surface area (Å²) in [6.07, 6.45) is 2.77. The van der Waals surface area contributed by atoms with Crippen molar-refractivity contribution < 1.29 is 9.53 Å². The van der Waals surface area contributed by atoms with Gasteiger partial charge in [-0.3, -0.25) is 4.90 Å². The topological polar surface area (TPSA) is 55.6 Å². The second-order valence-electron chi connectivity index (χ2n) is 5.54. The first-order valence-electron chi connectivity index (χ1n) is 7.42. The van der Waals surface area contributed by atoms with E-state index in [9.17, 15) is 4.79 Å². The highest BCUT2D eigenvalue weighted by Crippen LogP contribution is 2.30. The molecular weight excluding hydrogens is 252 g/mol. The van der Waals surface area contributed by atoms with Gasteiger partial charge in [0.15, 0.2) is 0 Å². The number of rotatable bonds is 8. The van der Waals surface area contributed by atoms with E-state index < -0.39 is 6.09 Å². The van der Waals surface area contributed by atoms with Crippen LogP contribution in [0.2, 0.25) is 0 Å². The third kappa shape index (κ3) is 4.85.